The molecule has 0 spiro atoms. The van der Waals surface area contributed by atoms with Gasteiger partial charge < -0.3 is 20.7 Å². The Bertz CT molecular complexity index is 1070. The zero-order valence-electron chi connectivity index (χ0n) is 21.2. The molecule has 10 nitrogen and oxygen atoms in total. The zero-order valence-corrected chi connectivity index (χ0v) is 22.9. The van der Waals surface area contributed by atoms with Gasteiger partial charge >= 0.3 is 0 Å². The van der Waals surface area contributed by atoms with Gasteiger partial charge in [0.2, 0.25) is 17.7 Å². The molecule has 3 aliphatic heterocycles. The zero-order chi connectivity index (χ0) is 26.0. The van der Waals surface area contributed by atoms with Gasteiger partial charge in [0.25, 0.3) is 5.91 Å². The standard InChI is InChI=1S/C24H34N6O4S2/c1-6-11(3)17-23-30-19(13(5)34-23)22(33)25-8-16-26-14(9-35-16)20(31)29-18(12(4)7-2)24-27-15(10-36-24)21(32)28-17/h9,11-13,15,17-19H,6-8,10H2,1-5H3,(H,25,33)(H,28,32)(H,29,31)/t11-,12-,13+,15+,17-,18+,19-/m0/s1. The number of thioether (sulfide) groups is 1. The molecule has 1 aromatic rings. The number of nitrogens with zero attached hydrogens (tertiary/aromatic N) is 3. The van der Waals surface area contributed by atoms with Crippen LogP contribution in [-0.2, 0) is 20.9 Å². The van der Waals surface area contributed by atoms with E-state index in [1.807, 2.05) is 13.8 Å². The number of fused-ring (bicyclic) bond motifs is 4. The van der Waals surface area contributed by atoms with Crippen LogP contribution >= 0.6 is 23.1 Å². The summed E-state index contributed by atoms with van der Waals surface area (Å²) in [6.07, 6.45) is 1.16. The normalized spacial score (nSPS) is 30.6. The van der Waals surface area contributed by atoms with Crippen LogP contribution in [0.15, 0.2) is 15.4 Å². The average molecular weight is 535 g/mol. The summed E-state index contributed by atoms with van der Waals surface area (Å²) in [5, 5.41) is 12.1. The lowest BCUT2D eigenvalue weighted by atomic mass is 9.98. The molecule has 0 fully saturated rings. The van der Waals surface area contributed by atoms with Crippen molar-refractivity contribution in [3.63, 3.8) is 0 Å². The van der Waals surface area contributed by atoms with E-state index < -0.39 is 24.2 Å². The van der Waals surface area contributed by atoms with Crippen LogP contribution in [0.2, 0.25) is 0 Å². The fourth-order valence-corrected chi connectivity index (χ4v) is 6.19. The maximum atomic E-state index is 13.3. The van der Waals surface area contributed by atoms with Gasteiger partial charge in [0.05, 0.1) is 17.6 Å². The predicted molar refractivity (Wildman–Crippen MR) is 142 cm³/mol. The number of aliphatic imine (C=N–C) groups is 2. The smallest absolute Gasteiger partial charge is 0.271 e. The molecule has 6 bridgehead atoms. The third-order valence-electron chi connectivity index (χ3n) is 7.00. The third-order valence-corrected chi connectivity index (χ3v) is 8.99. The van der Waals surface area contributed by atoms with Crippen LogP contribution < -0.4 is 16.0 Å². The summed E-state index contributed by atoms with van der Waals surface area (Å²) in [7, 11) is 0. The maximum absolute atomic E-state index is 13.3. The van der Waals surface area contributed by atoms with Crippen LogP contribution in [0.25, 0.3) is 0 Å². The van der Waals surface area contributed by atoms with Gasteiger partial charge in [-0.1, -0.05) is 40.5 Å². The molecular weight excluding hydrogens is 500 g/mol. The molecule has 196 valence electrons. The Morgan fingerprint density at radius 2 is 1.78 bits per heavy atom. The van der Waals surface area contributed by atoms with Crippen LogP contribution in [0.3, 0.4) is 0 Å². The van der Waals surface area contributed by atoms with E-state index in [4.69, 9.17) is 9.73 Å². The Hall–Kier alpha value is -2.47. The summed E-state index contributed by atoms with van der Waals surface area (Å²) in [5.41, 5.74) is 0.297. The molecule has 12 heteroatoms. The molecule has 0 saturated heterocycles. The molecule has 0 aliphatic carbocycles. The van der Waals surface area contributed by atoms with E-state index in [1.54, 1.807) is 12.3 Å². The van der Waals surface area contributed by atoms with Gasteiger partial charge in [-0.05, 0) is 18.8 Å². The monoisotopic (exact) mass is 534 g/mol. The first kappa shape index (κ1) is 26.6. The Morgan fingerprint density at radius 1 is 1.06 bits per heavy atom. The Balaban J connectivity index is 1.69. The van der Waals surface area contributed by atoms with Gasteiger partial charge in [-0.2, -0.15) is 0 Å². The van der Waals surface area contributed by atoms with Gasteiger partial charge in [-0.15, -0.1) is 23.1 Å². The van der Waals surface area contributed by atoms with Crippen molar-refractivity contribution in [2.45, 2.75) is 84.3 Å². The highest BCUT2D eigenvalue weighted by atomic mass is 32.2. The van der Waals surface area contributed by atoms with Crippen molar-refractivity contribution in [2.24, 2.45) is 21.8 Å². The predicted octanol–water partition coefficient (Wildman–Crippen LogP) is 2.15. The summed E-state index contributed by atoms with van der Waals surface area (Å²) < 4.78 is 6.00. The van der Waals surface area contributed by atoms with Crippen LogP contribution in [0.4, 0.5) is 0 Å². The molecular formula is C24H34N6O4S2. The lowest BCUT2D eigenvalue weighted by Gasteiger charge is -2.25. The number of carbonyl (C=O) groups excluding carboxylic acids is 3. The van der Waals surface area contributed by atoms with Crippen molar-refractivity contribution in [1.29, 1.82) is 0 Å². The van der Waals surface area contributed by atoms with Crippen molar-refractivity contribution in [2.75, 3.05) is 5.75 Å². The molecule has 4 heterocycles. The Labute approximate surface area is 219 Å². The van der Waals surface area contributed by atoms with Crippen LogP contribution in [0.5, 0.6) is 0 Å². The first-order valence-electron chi connectivity index (χ1n) is 12.5. The highest BCUT2D eigenvalue weighted by Gasteiger charge is 2.40. The minimum Gasteiger partial charge on any atom is -0.474 e. The van der Waals surface area contributed by atoms with E-state index in [9.17, 15) is 14.4 Å². The number of aromatic nitrogens is 1. The minimum absolute atomic E-state index is 0.0469. The van der Waals surface area contributed by atoms with E-state index in [0.29, 0.717) is 22.4 Å². The first-order valence-corrected chi connectivity index (χ1v) is 14.4. The van der Waals surface area contributed by atoms with E-state index in [-0.39, 0.29) is 42.1 Å². The van der Waals surface area contributed by atoms with Gasteiger partial charge in [-0.3, -0.25) is 19.4 Å². The molecule has 3 N–H and O–H groups in total. The highest BCUT2D eigenvalue weighted by molar-refractivity contribution is 8.14. The second-order valence-electron chi connectivity index (χ2n) is 9.58. The number of hydrogen-bond acceptors (Lipinski definition) is 9. The lowest BCUT2D eigenvalue weighted by molar-refractivity contribution is -0.124. The third kappa shape index (κ3) is 5.59. The number of rotatable bonds is 4. The van der Waals surface area contributed by atoms with Gasteiger partial charge in [0.1, 0.15) is 28.9 Å². The first-order chi connectivity index (χ1) is 17.2. The van der Waals surface area contributed by atoms with E-state index >= 15 is 0 Å². The van der Waals surface area contributed by atoms with Crippen LogP contribution in [0.1, 0.15) is 63.0 Å². The highest BCUT2D eigenvalue weighted by Crippen LogP contribution is 2.27. The van der Waals surface area contributed by atoms with Crippen molar-refractivity contribution >= 4 is 51.8 Å². The van der Waals surface area contributed by atoms with Crippen molar-refractivity contribution in [3.8, 4) is 0 Å². The van der Waals surface area contributed by atoms with Gasteiger partial charge in [0.15, 0.2) is 6.04 Å². The van der Waals surface area contributed by atoms with Crippen molar-refractivity contribution < 1.29 is 19.1 Å². The second kappa shape index (κ2) is 11.3. The maximum Gasteiger partial charge on any atom is 0.271 e. The SMILES string of the molecule is CC[C@H](C)[C@@H]1NC(=O)[C@H]2CSC(=N2)[C@@H]([C@@H](C)CC)NC(=O)c2csc(n2)CNC(=O)[C@H]2N=C1O[C@@H]2C. The number of hydrogen-bond donors (Lipinski definition) is 3. The Kier molecular flexibility index (Phi) is 8.34. The lowest BCUT2D eigenvalue weighted by Crippen LogP contribution is -2.49. The van der Waals surface area contributed by atoms with Crippen molar-refractivity contribution in [3.05, 3.63) is 16.1 Å². The summed E-state index contributed by atoms with van der Waals surface area (Å²) in [6, 6.07) is -2.09. The van der Waals surface area contributed by atoms with Crippen LogP contribution in [0, 0.1) is 11.8 Å². The Morgan fingerprint density at radius 3 is 2.50 bits per heavy atom. The quantitative estimate of drug-likeness (QED) is 0.542. The van der Waals surface area contributed by atoms with Gasteiger partial charge in [-0.25, -0.2) is 9.98 Å². The number of nitrogens with one attached hydrogen (secondary N) is 3. The minimum atomic E-state index is -0.729. The second-order valence-corrected chi connectivity index (χ2v) is 11.6. The van der Waals surface area contributed by atoms with E-state index in [0.717, 1.165) is 17.9 Å². The summed E-state index contributed by atoms with van der Waals surface area (Å²) in [4.78, 5) is 53.0. The molecule has 0 aromatic carbocycles. The van der Waals surface area contributed by atoms with Crippen LogP contribution in [-0.4, -0.2) is 69.7 Å². The number of thiazole rings is 1. The van der Waals surface area contributed by atoms with E-state index in [1.165, 1.54) is 23.1 Å². The summed E-state index contributed by atoms with van der Waals surface area (Å²) in [6.45, 7) is 10.2. The number of ether oxygens (including phenoxy) is 1. The molecule has 0 saturated carbocycles. The fourth-order valence-electron chi connectivity index (χ4n) is 4.24. The van der Waals surface area contributed by atoms with E-state index in [2.05, 4.69) is 39.8 Å². The van der Waals surface area contributed by atoms with Crippen molar-refractivity contribution in [1.82, 2.24) is 20.9 Å². The molecule has 3 amide bonds. The topological polar surface area (TPSA) is 134 Å². The molecule has 1 aromatic heterocycles. The molecule has 36 heavy (non-hydrogen) atoms. The molecule has 7 atom stereocenters. The largest absolute Gasteiger partial charge is 0.474 e. The molecule has 3 aliphatic rings. The average Bonchev–Trinajstić information content (AvgIpc) is 3.62. The fraction of sp³-hybridized carbons (Fsp3) is 0.667. The summed E-state index contributed by atoms with van der Waals surface area (Å²) >= 11 is 2.82. The molecule has 0 unspecified atom stereocenters. The van der Waals surface area contributed by atoms with Gasteiger partial charge in [0, 0.05) is 11.1 Å². The number of amides is 3. The number of carbonyl (C=O) groups is 3. The molecule has 4 rings (SSSR count). The molecule has 0 radical (unpaired) electrons. The summed E-state index contributed by atoms with van der Waals surface area (Å²) in [5.74, 6) is 0.245.